The third-order valence-corrected chi connectivity index (χ3v) is 3.15. The van der Waals surface area contributed by atoms with Crippen molar-refractivity contribution in [3.05, 3.63) is 35.9 Å². The predicted octanol–water partition coefficient (Wildman–Crippen LogP) is 4.16. The highest BCUT2D eigenvalue weighted by molar-refractivity contribution is 6.17. The van der Waals surface area contributed by atoms with Crippen molar-refractivity contribution in [2.45, 2.75) is 13.3 Å². The van der Waals surface area contributed by atoms with Crippen LogP contribution in [0, 0.1) is 6.92 Å². The molecule has 0 aromatic heterocycles. The van der Waals surface area contributed by atoms with E-state index < -0.39 is 0 Å². The number of ether oxygens (including phenoxy) is 2. The lowest BCUT2D eigenvalue weighted by molar-refractivity contribution is 0.321. The van der Waals surface area contributed by atoms with Crippen molar-refractivity contribution in [2.24, 2.45) is 0 Å². The molecular formula is C15H17ClO2. The number of fused-ring (bicyclic) bond motifs is 1. The molecular weight excluding hydrogens is 248 g/mol. The van der Waals surface area contributed by atoms with Gasteiger partial charge in [-0.3, -0.25) is 0 Å². The van der Waals surface area contributed by atoms with Gasteiger partial charge in [0.15, 0.2) is 0 Å². The van der Waals surface area contributed by atoms with E-state index in [4.69, 9.17) is 21.1 Å². The quantitative estimate of drug-likeness (QED) is 0.596. The largest absolute Gasteiger partial charge is 0.496 e. The van der Waals surface area contributed by atoms with Crippen LogP contribution in [-0.2, 0) is 0 Å². The molecule has 0 saturated carbocycles. The molecule has 0 aliphatic heterocycles. The predicted molar refractivity (Wildman–Crippen MR) is 76.1 cm³/mol. The number of alkyl halides is 1. The van der Waals surface area contributed by atoms with Gasteiger partial charge in [-0.15, -0.1) is 11.6 Å². The highest BCUT2D eigenvalue weighted by Crippen LogP contribution is 2.36. The molecule has 18 heavy (non-hydrogen) atoms. The average molecular weight is 265 g/mol. The Morgan fingerprint density at radius 1 is 1.17 bits per heavy atom. The molecule has 0 bridgehead atoms. The van der Waals surface area contributed by atoms with E-state index in [0.29, 0.717) is 12.5 Å². The van der Waals surface area contributed by atoms with Gasteiger partial charge in [0.2, 0.25) is 0 Å². The molecule has 0 fully saturated rings. The molecule has 3 heteroatoms. The molecule has 0 heterocycles. The molecule has 0 saturated heterocycles. The summed E-state index contributed by atoms with van der Waals surface area (Å²) in [5.41, 5.74) is 1.08. The van der Waals surface area contributed by atoms with Gasteiger partial charge in [-0.05, 0) is 25.0 Å². The van der Waals surface area contributed by atoms with Crippen LogP contribution in [0.15, 0.2) is 30.3 Å². The molecule has 2 rings (SSSR count). The van der Waals surface area contributed by atoms with Gasteiger partial charge in [-0.2, -0.15) is 0 Å². The van der Waals surface area contributed by atoms with E-state index >= 15 is 0 Å². The summed E-state index contributed by atoms with van der Waals surface area (Å²) >= 11 is 5.66. The number of hydrogen-bond donors (Lipinski definition) is 0. The molecule has 0 aliphatic carbocycles. The minimum atomic E-state index is 0.618. The fourth-order valence-corrected chi connectivity index (χ4v) is 2.18. The third-order valence-electron chi connectivity index (χ3n) is 2.88. The Bertz CT molecular complexity index is 537. The number of halogens is 1. The first-order valence-corrected chi connectivity index (χ1v) is 6.56. The molecule has 96 valence electrons. The van der Waals surface area contributed by atoms with Gasteiger partial charge < -0.3 is 9.47 Å². The van der Waals surface area contributed by atoms with E-state index in [1.807, 2.05) is 31.2 Å². The fourth-order valence-electron chi connectivity index (χ4n) is 2.08. The van der Waals surface area contributed by atoms with E-state index in [1.165, 1.54) is 0 Å². The average Bonchev–Trinajstić information content (AvgIpc) is 2.39. The van der Waals surface area contributed by atoms with Gasteiger partial charge in [0.25, 0.3) is 0 Å². The molecule has 0 N–H and O–H groups in total. The number of hydrogen-bond acceptors (Lipinski definition) is 2. The van der Waals surface area contributed by atoms with Crippen molar-refractivity contribution in [3.8, 4) is 11.5 Å². The van der Waals surface area contributed by atoms with Gasteiger partial charge in [-0.25, -0.2) is 0 Å². The summed E-state index contributed by atoms with van der Waals surface area (Å²) in [5, 5.41) is 2.16. The number of aryl methyl sites for hydroxylation is 1. The van der Waals surface area contributed by atoms with Crippen molar-refractivity contribution < 1.29 is 9.47 Å². The van der Waals surface area contributed by atoms with Crippen LogP contribution >= 0.6 is 11.6 Å². The number of benzene rings is 2. The highest BCUT2D eigenvalue weighted by Gasteiger charge is 2.10. The fraction of sp³-hybridized carbons (Fsp3) is 0.333. The van der Waals surface area contributed by atoms with Gasteiger partial charge in [0.05, 0.1) is 13.7 Å². The smallest absolute Gasteiger partial charge is 0.129 e. The van der Waals surface area contributed by atoms with Gasteiger partial charge in [0.1, 0.15) is 11.5 Å². The summed E-state index contributed by atoms with van der Waals surface area (Å²) in [4.78, 5) is 0. The van der Waals surface area contributed by atoms with E-state index in [1.54, 1.807) is 7.11 Å². The van der Waals surface area contributed by atoms with E-state index in [-0.39, 0.29) is 0 Å². The molecule has 0 atom stereocenters. The van der Waals surface area contributed by atoms with Gasteiger partial charge in [-0.1, -0.05) is 24.3 Å². The Morgan fingerprint density at radius 3 is 2.56 bits per heavy atom. The second kappa shape index (κ2) is 5.96. The maximum absolute atomic E-state index is 5.80. The molecule has 0 amide bonds. The first kappa shape index (κ1) is 13.0. The Hall–Kier alpha value is -1.41. The third kappa shape index (κ3) is 2.54. The summed E-state index contributed by atoms with van der Waals surface area (Å²) in [6, 6.07) is 10.1. The standard InChI is InChI=1S/C15H17ClO2/c1-11-10-14(18-9-5-8-16)12-6-3-4-7-13(12)15(11)17-2/h3-4,6-7,10H,5,8-9H2,1-2H3. The second-order valence-corrected chi connectivity index (χ2v) is 4.54. The van der Waals surface area contributed by atoms with Gasteiger partial charge >= 0.3 is 0 Å². The van der Waals surface area contributed by atoms with E-state index in [2.05, 4.69) is 6.07 Å². The Balaban J connectivity index is 2.47. The van der Waals surface area contributed by atoms with Crippen molar-refractivity contribution >= 4 is 22.4 Å². The molecule has 0 radical (unpaired) electrons. The summed E-state index contributed by atoms with van der Waals surface area (Å²) in [6.45, 7) is 2.67. The normalized spacial score (nSPS) is 10.6. The van der Waals surface area contributed by atoms with Crippen molar-refractivity contribution in [2.75, 3.05) is 19.6 Å². The minimum Gasteiger partial charge on any atom is -0.496 e. The molecule has 2 aromatic carbocycles. The van der Waals surface area contributed by atoms with Crippen LogP contribution in [0.25, 0.3) is 10.8 Å². The SMILES string of the molecule is COc1c(C)cc(OCCCCl)c2ccccc12. The summed E-state index contributed by atoms with van der Waals surface area (Å²) < 4.78 is 11.3. The maximum Gasteiger partial charge on any atom is 0.129 e. The van der Waals surface area contributed by atoms with Crippen LogP contribution in [0.5, 0.6) is 11.5 Å². The second-order valence-electron chi connectivity index (χ2n) is 4.16. The van der Waals surface area contributed by atoms with Crippen LogP contribution in [0.2, 0.25) is 0 Å². The lowest BCUT2D eigenvalue weighted by Crippen LogP contribution is -2.00. The van der Waals surface area contributed by atoms with Gasteiger partial charge in [0, 0.05) is 16.7 Å². The Kier molecular flexibility index (Phi) is 4.32. The van der Waals surface area contributed by atoms with E-state index in [9.17, 15) is 0 Å². The molecule has 0 unspecified atom stereocenters. The maximum atomic E-state index is 5.80. The summed E-state index contributed by atoms with van der Waals surface area (Å²) in [7, 11) is 1.70. The molecule has 0 aliphatic rings. The Labute approximate surface area is 112 Å². The lowest BCUT2D eigenvalue weighted by Gasteiger charge is -2.14. The zero-order valence-electron chi connectivity index (χ0n) is 10.7. The molecule has 2 nitrogen and oxygen atoms in total. The van der Waals surface area contributed by atoms with Crippen molar-refractivity contribution in [1.82, 2.24) is 0 Å². The van der Waals surface area contributed by atoms with Crippen LogP contribution in [0.3, 0.4) is 0 Å². The summed E-state index contributed by atoms with van der Waals surface area (Å²) in [5.74, 6) is 2.43. The molecule has 2 aromatic rings. The first-order valence-electron chi connectivity index (χ1n) is 6.03. The number of methoxy groups -OCH3 is 1. The Morgan fingerprint density at radius 2 is 1.89 bits per heavy atom. The van der Waals surface area contributed by atoms with E-state index in [0.717, 1.165) is 34.3 Å². The van der Waals surface area contributed by atoms with Crippen LogP contribution in [0.1, 0.15) is 12.0 Å². The van der Waals surface area contributed by atoms with Crippen molar-refractivity contribution in [3.63, 3.8) is 0 Å². The van der Waals surface area contributed by atoms with Crippen LogP contribution < -0.4 is 9.47 Å². The van der Waals surface area contributed by atoms with Crippen LogP contribution in [0.4, 0.5) is 0 Å². The van der Waals surface area contributed by atoms with Crippen LogP contribution in [-0.4, -0.2) is 19.6 Å². The topological polar surface area (TPSA) is 18.5 Å². The van der Waals surface area contributed by atoms with Crippen molar-refractivity contribution in [1.29, 1.82) is 0 Å². The monoisotopic (exact) mass is 264 g/mol. The minimum absolute atomic E-state index is 0.618. The highest BCUT2D eigenvalue weighted by atomic mass is 35.5. The zero-order valence-corrected chi connectivity index (χ0v) is 11.5. The molecule has 0 spiro atoms. The number of rotatable bonds is 5. The first-order chi connectivity index (χ1) is 8.77. The summed E-state index contributed by atoms with van der Waals surface area (Å²) in [6.07, 6.45) is 0.848. The lowest BCUT2D eigenvalue weighted by atomic mass is 10.0. The zero-order chi connectivity index (χ0) is 13.0.